The molecule has 2 aliphatic rings. The highest BCUT2D eigenvalue weighted by Gasteiger charge is 2.50. The van der Waals surface area contributed by atoms with Crippen LogP contribution in [0.3, 0.4) is 0 Å². The first-order valence-electron chi connectivity index (χ1n) is 9.89. The maximum atomic E-state index is 13.1. The van der Waals surface area contributed by atoms with Crippen LogP contribution in [0.5, 0.6) is 0 Å². The molecule has 7 nitrogen and oxygen atoms in total. The zero-order chi connectivity index (χ0) is 23.2. The van der Waals surface area contributed by atoms with Gasteiger partial charge >= 0.3 is 12.1 Å². The number of benzene rings is 1. The Hall–Kier alpha value is -2.62. The first-order chi connectivity index (χ1) is 14.5. The molecule has 2 fully saturated rings. The number of hydrogen-bond donors (Lipinski definition) is 1. The van der Waals surface area contributed by atoms with Gasteiger partial charge in [-0.1, -0.05) is 18.2 Å². The maximum Gasteiger partial charge on any atom is 0.416 e. The van der Waals surface area contributed by atoms with E-state index >= 15 is 0 Å². The van der Waals surface area contributed by atoms with Crippen LogP contribution in [0.15, 0.2) is 24.3 Å². The molecule has 1 unspecified atom stereocenters. The van der Waals surface area contributed by atoms with Crippen LogP contribution in [-0.2, 0) is 31.7 Å². The number of alkyl halides is 3. The van der Waals surface area contributed by atoms with E-state index in [4.69, 9.17) is 14.6 Å². The summed E-state index contributed by atoms with van der Waals surface area (Å²) in [4.78, 5) is 36.9. The van der Waals surface area contributed by atoms with Gasteiger partial charge in [0.15, 0.2) is 0 Å². The van der Waals surface area contributed by atoms with Gasteiger partial charge in [0.25, 0.3) is 6.47 Å². The van der Waals surface area contributed by atoms with Gasteiger partial charge < -0.3 is 19.6 Å². The molecule has 10 heteroatoms. The fourth-order valence-corrected chi connectivity index (χ4v) is 4.16. The lowest BCUT2D eigenvalue weighted by atomic mass is 9.76. The van der Waals surface area contributed by atoms with E-state index in [9.17, 15) is 22.8 Å². The van der Waals surface area contributed by atoms with Crippen molar-refractivity contribution in [3.8, 4) is 0 Å². The smallest absolute Gasteiger partial charge is 0.416 e. The molecule has 3 rings (SSSR count). The zero-order valence-corrected chi connectivity index (χ0v) is 17.5. The van der Waals surface area contributed by atoms with Crippen LogP contribution in [0, 0.1) is 5.41 Å². The number of rotatable bonds is 4. The number of carbonyl (C=O) groups is 3. The number of esters is 1. The predicted octanol–water partition coefficient (Wildman–Crippen LogP) is 2.43. The zero-order valence-electron chi connectivity index (χ0n) is 17.5. The summed E-state index contributed by atoms with van der Waals surface area (Å²) in [7, 11) is 3.83. The Balaban J connectivity index is 0.00000107. The normalized spacial score (nSPS) is 20.3. The number of halogens is 3. The molecular formula is C21H27F3N2O5. The number of carbonyl (C=O) groups excluding carboxylic acids is 2. The third kappa shape index (κ3) is 6.19. The molecule has 31 heavy (non-hydrogen) atoms. The summed E-state index contributed by atoms with van der Waals surface area (Å²) < 4.78 is 44.9. The van der Waals surface area contributed by atoms with Gasteiger partial charge in [0.05, 0.1) is 17.4 Å². The number of cyclic esters (lactones) is 1. The van der Waals surface area contributed by atoms with Gasteiger partial charge in [-0.15, -0.1) is 0 Å². The monoisotopic (exact) mass is 444 g/mol. The fraction of sp³-hybridized carbons (Fsp3) is 0.571. The van der Waals surface area contributed by atoms with Gasteiger partial charge in [0, 0.05) is 26.1 Å². The Morgan fingerprint density at radius 1 is 1.29 bits per heavy atom. The van der Waals surface area contributed by atoms with Crippen LogP contribution in [0.25, 0.3) is 0 Å². The van der Waals surface area contributed by atoms with Crippen LogP contribution in [0.2, 0.25) is 0 Å². The second-order valence-corrected chi connectivity index (χ2v) is 8.09. The summed E-state index contributed by atoms with van der Waals surface area (Å²) in [6.07, 6.45) is -3.33. The van der Waals surface area contributed by atoms with Crippen molar-refractivity contribution in [3.05, 3.63) is 35.4 Å². The number of nitrogens with zero attached hydrogens (tertiary/aromatic N) is 2. The minimum Gasteiger partial charge on any atom is -0.483 e. The fourth-order valence-electron chi connectivity index (χ4n) is 4.16. The van der Waals surface area contributed by atoms with E-state index in [1.165, 1.54) is 18.2 Å². The Morgan fingerprint density at radius 3 is 2.42 bits per heavy atom. The Kier molecular flexibility index (Phi) is 8.05. The Labute approximate surface area is 178 Å². The maximum absolute atomic E-state index is 13.1. The van der Waals surface area contributed by atoms with E-state index in [-0.39, 0.29) is 36.4 Å². The highest BCUT2D eigenvalue weighted by atomic mass is 19.4. The second kappa shape index (κ2) is 10.1. The number of amides is 1. The van der Waals surface area contributed by atoms with E-state index < -0.39 is 17.2 Å². The summed E-state index contributed by atoms with van der Waals surface area (Å²) in [5.41, 5.74) is -1.37. The van der Waals surface area contributed by atoms with Crippen molar-refractivity contribution in [2.45, 2.75) is 38.0 Å². The number of hydrogen-bond acceptors (Lipinski definition) is 5. The predicted molar refractivity (Wildman–Crippen MR) is 105 cm³/mol. The van der Waals surface area contributed by atoms with Gasteiger partial charge in [-0.2, -0.15) is 13.2 Å². The summed E-state index contributed by atoms with van der Waals surface area (Å²) in [5.74, 6) is -0.559. The number of likely N-dealkylation sites (N-methyl/N-ethyl adjacent to an activating group) is 1. The van der Waals surface area contributed by atoms with Crippen molar-refractivity contribution in [2.24, 2.45) is 5.41 Å². The molecule has 1 aromatic carbocycles. The van der Waals surface area contributed by atoms with Gasteiger partial charge in [0.2, 0.25) is 5.91 Å². The summed E-state index contributed by atoms with van der Waals surface area (Å²) in [5, 5.41) is 6.89. The summed E-state index contributed by atoms with van der Waals surface area (Å²) in [6, 6.07) is 5.15. The second-order valence-electron chi connectivity index (χ2n) is 8.09. The van der Waals surface area contributed by atoms with Gasteiger partial charge in [0.1, 0.15) is 6.10 Å². The highest BCUT2D eigenvalue weighted by Crippen LogP contribution is 2.43. The van der Waals surface area contributed by atoms with Crippen molar-refractivity contribution in [3.63, 3.8) is 0 Å². The minimum atomic E-state index is -4.49. The lowest BCUT2D eigenvalue weighted by Gasteiger charge is -2.36. The highest BCUT2D eigenvalue weighted by molar-refractivity contribution is 5.82. The topological polar surface area (TPSA) is 87.2 Å². The summed E-state index contributed by atoms with van der Waals surface area (Å²) >= 11 is 0. The van der Waals surface area contributed by atoms with Crippen LogP contribution in [0.4, 0.5) is 13.2 Å². The average Bonchev–Trinajstić information content (AvgIpc) is 2.96. The van der Waals surface area contributed by atoms with Gasteiger partial charge in [-0.05, 0) is 38.6 Å². The molecule has 0 radical (unpaired) electrons. The first-order valence-corrected chi connectivity index (χ1v) is 9.89. The molecule has 2 aliphatic heterocycles. The van der Waals surface area contributed by atoms with E-state index in [2.05, 4.69) is 0 Å². The third-order valence-electron chi connectivity index (χ3n) is 5.63. The van der Waals surface area contributed by atoms with Crippen molar-refractivity contribution < 1.29 is 37.4 Å². The quantitative estimate of drug-likeness (QED) is 0.567. The van der Waals surface area contributed by atoms with Crippen LogP contribution >= 0.6 is 0 Å². The third-order valence-corrected chi connectivity index (χ3v) is 5.63. The molecule has 1 N–H and O–H groups in total. The lowest BCUT2D eigenvalue weighted by Crippen LogP contribution is -2.45. The van der Waals surface area contributed by atoms with E-state index in [1.807, 2.05) is 19.0 Å². The molecule has 2 heterocycles. The number of ether oxygens (including phenoxy) is 1. The largest absolute Gasteiger partial charge is 0.483 e. The number of likely N-dealkylation sites (tertiary alicyclic amines) is 1. The molecule has 0 saturated carbocycles. The molecule has 172 valence electrons. The van der Waals surface area contributed by atoms with Crippen LogP contribution in [-0.4, -0.2) is 73.1 Å². The molecule has 0 aliphatic carbocycles. The number of carboxylic acid groups (broad SMARTS) is 1. The van der Waals surface area contributed by atoms with E-state index in [1.54, 1.807) is 4.90 Å². The van der Waals surface area contributed by atoms with Crippen molar-refractivity contribution in [1.29, 1.82) is 0 Å². The first kappa shape index (κ1) is 24.6. The molecule has 1 aromatic rings. The van der Waals surface area contributed by atoms with Crippen LogP contribution in [0.1, 0.15) is 30.4 Å². The molecule has 0 bridgehead atoms. The Morgan fingerprint density at radius 2 is 1.87 bits per heavy atom. The van der Waals surface area contributed by atoms with Gasteiger partial charge in [-0.3, -0.25) is 14.4 Å². The summed E-state index contributed by atoms with van der Waals surface area (Å²) in [6.45, 7) is 1.12. The molecular weight excluding hydrogens is 417 g/mol. The average molecular weight is 444 g/mol. The number of piperidine rings is 1. The van der Waals surface area contributed by atoms with Crippen molar-refractivity contribution in [1.82, 2.24) is 9.80 Å². The van der Waals surface area contributed by atoms with E-state index in [0.29, 0.717) is 38.9 Å². The SMILES string of the molecule is CN(C)CC1CC2(CCN(C(=O)Cc3ccccc3C(F)(F)F)CC2)C(=O)O1.O=CO. The molecule has 1 spiro atoms. The molecule has 0 aromatic heterocycles. The molecule has 1 atom stereocenters. The van der Waals surface area contributed by atoms with Crippen molar-refractivity contribution in [2.75, 3.05) is 33.7 Å². The molecule has 2 saturated heterocycles. The minimum absolute atomic E-state index is 0.0217. The van der Waals surface area contributed by atoms with Crippen molar-refractivity contribution >= 4 is 18.3 Å². The lowest BCUT2D eigenvalue weighted by molar-refractivity contribution is -0.152. The van der Waals surface area contributed by atoms with Crippen LogP contribution < -0.4 is 0 Å². The van der Waals surface area contributed by atoms with Gasteiger partial charge in [-0.25, -0.2) is 0 Å². The Bertz CT molecular complexity index is 789. The standard InChI is InChI=1S/C20H25F3N2O3.CH2O2/c1-24(2)13-15-12-19(18(27)28-15)7-9-25(10-8-19)17(26)11-14-5-3-4-6-16(14)20(21,22)23;2-1-3/h3-6,15H,7-13H2,1-2H3;1H,(H,2,3). The van der Waals surface area contributed by atoms with E-state index in [0.717, 1.165) is 6.07 Å². The molecule has 1 amide bonds.